The molecule has 5 nitrogen and oxygen atoms in total. The first-order valence-corrected chi connectivity index (χ1v) is 4.58. The van der Waals surface area contributed by atoms with Gasteiger partial charge in [0.1, 0.15) is 0 Å². The second-order valence-electron chi connectivity index (χ2n) is 2.85. The number of nitrogens with one attached hydrogen (secondary N) is 1. The minimum Gasteiger partial charge on any atom is -0.434 e. The van der Waals surface area contributed by atoms with E-state index in [0.717, 1.165) is 11.0 Å². The third kappa shape index (κ3) is 2.07. The molecule has 0 radical (unpaired) electrons. The number of aromatic amines is 1. The number of fused-ring (bicyclic) bond motifs is 1. The molecule has 0 fully saturated rings. The van der Waals surface area contributed by atoms with Crippen molar-refractivity contribution in [3.8, 4) is 5.88 Å². The highest BCUT2D eigenvalue weighted by Gasteiger charge is 2.07. The molecule has 5 heteroatoms. The topological polar surface area (TPSA) is 64.2 Å². The molecule has 78 valence electrons. The van der Waals surface area contributed by atoms with E-state index in [-0.39, 0.29) is 6.61 Å². The van der Waals surface area contributed by atoms with Crippen LogP contribution in [-0.2, 0) is 4.74 Å². The van der Waals surface area contributed by atoms with Crippen LogP contribution in [0.15, 0.2) is 24.4 Å². The van der Waals surface area contributed by atoms with Gasteiger partial charge in [0.25, 0.3) is 0 Å². The van der Waals surface area contributed by atoms with E-state index in [9.17, 15) is 4.79 Å². The quantitative estimate of drug-likeness (QED) is 0.764. The molecule has 0 saturated heterocycles. The summed E-state index contributed by atoms with van der Waals surface area (Å²) >= 11 is 0. The molecule has 0 amide bonds. The summed E-state index contributed by atoms with van der Waals surface area (Å²) in [6.07, 6.45) is 0.952. The lowest BCUT2D eigenvalue weighted by Gasteiger charge is -1.99. The van der Waals surface area contributed by atoms with E-state index in [4.69, 9.17) is 4.74 Å². The average molecular weight is 206 g/mol. The van der Waals surface area contributed by atoms with Crippen LogP contribution in [0.3, 0.4) is 0 Å². The molecule has 0 aromatic carbocycles. The normalized spacial score (nSPS) is 10.2. The summed E-state index contributed by atoms with van der Waals surface area (Å²) in [4.78, 5) is 18.0. The zero-order valence-corrected chi connectivity index (χ0v) is 8.19. The summed E-state index contributed by atoms with van der Waals surface area (Å²) in [5.41, 5.74) is 1.56. The van der Waals surface area contributed by atoms with Crippen LogP contribution in [0.2, 0.25) is 0 Å². The highest BCUT2D eigenvalue weighted by molar-refractivity contribution is 5.78. The van der Waals surface area contributed by atoms with E-state index in [0.29, 0.717) is 5.88 Å². The van der Waals surface area contributed by atoms with Gasteiger partial charge < -0.3 is 14.5 Å². The fourth-order valence-corrected chi connectivity index (χ4v) is 1.22. The molecular weight excluding hydrogens is 196 g/mol. The molecule has 0 aliphatic carbocycles. The molecule has 2 heterocycles. The maximum atomic E-state index is 11.0. The molecule has 0 saturated carbocycles. The molecule has 1 N–H and O–H groups in total. The van der Waals surface area contributed by atoms with Crippen LogP contribution in [-0.4, -0.2) is 22.7 Å². The van der Waals surface area contributed by atoms with Crippen molar-refractivity contribution in [1.29, 1.82) is 0 Å². The summed E-state index contributed by atoms with van der Waals surface area (Å²) < 4.78 is 9.52. The van der Waals surface area contributed by atoms with Crippen molar-refractivity contribution < 1.29 is 14.3 Å². The Morgan fingerprint density at radius 1 is 1.60 bits per heavy atom. The van der Waals surface area contributed by atoms with Crippen molar-refractivity contribution in [2.75, 3.05) is 6.61 Å². The molecule has 0 aliphatic heterocycles. The highest BCUT2D eigenvalue weighted by Crippen LogP contribution is 2.17. The molecule has 2 rings (SSSR count). The van der Waals surface area contributed by atoms with Crippen molar-refractivity contribution in [2.24, 2.45) is 0 Å². The number of nitrogens with zero attached hydrogens (tertiary/aromatic N) is 1. The van der Waals surface area contributed by atoms with Gasteiger partial charge in [-0.3, -0.25) is 4.98 Å². The number of carbonyl (C=O) groups is 1. The molecule has 15 heavy (non-hydrogen) atoms. The number of H-pyrrole nitrogens is 1. The lowest BCUT2D eigenvalue weighted by Crippen LogP contribution is -2.09. The van der Waals surface area contributed by atoms with Gasteiger partial charge in [0.15, 0.2) is 0 Å². The predicted octanol–water partition coefficient (Wildman–Crippen LogP) is 2.10. The van der Waals surface area contributed by atoms with Crippen molar-refractivity contribution >= 4 is 17.2 Å². The second-order valence-corrected chi connectivity index (χ2v) is 2.85. The van der Waals surface area contributed by atoms with Crippen LogP contribution in [0.1, 0.15) is 6.92 Å². The molecule has 0 aliphatic rings. The van der Waals surface area contributed by atoms with Crippen LogP contribution in [0.5, 0.6) is 5.88 Å². The third-order valence-corrected chi connectivity index (χ3v) is 1.82. The highest BCUT2D eigenvalue weighted by atomic mass is 16.7. The van der Waals surface area contributed by atoms with Crippen LogP contribution in [0.4, 0.5) is 4.79 Å². The summed E-state index contributed by atoms with van der Waals surface area (Å²) in [7, 11) is 0. The summed E-state index contributed by atoms with van der Waals surface area (Å²) in [5.74, 6) is 0.335. The lowest BCUT2D eigenvalue weighted by molar-refractivity contribution is 0.103. The first-order chi connectivity index (χ1) is 7.29. The van der Waals surface area contributed by atoms with E-state index in [1.807, 2.05) is 6.07 Å². The van der Waals surface area contributed by atoms with Gasteiger partial charge in [0, 0.05) is 12.3 Å². The summed E-state index contributed by atoms with van der Waals surface area (Å²) in [5, 5.41) is 0. The largest absolute Gasteiger partial charge is 0.515 e. The first-order valence-electron chi connectivity index (χ1n) is 4.58. The fourth-order valence-electron chi connectivity index (χ4n) is 1.22. The van der Waals surface area contributed by atoms with Gasteiger partial charge in [-0.2, -0.15) is 0 Å². The number of rotatable bonds is 2. The van der Waals surface area contributed by atoms with Gasteiger partial charge in [-0.25, -0.2) is 4.79 Å². The van der Waals surface area contributed by atoms with E-state index < -0.39 is 6.16 Å². The summed E-state index contributed by atoms with van der Waals surface area (Å²) in [6.45, 7) is 2.01. The average Bonchev–Trinajstić information content (AvgIpc) is 2.59. The molecule has 2 aromatic heterocycles. The Balaban J connectivity index is 2.18. The molecule has 0 atom stereocenters. The van der Waals surface area contributed by atoms with E-state index in [1.165, 1.54) is 0 Å². The van der Waals surface area contributed by atoms with Crippen molar-refractivity contribution in [3.63, 3.8) is 0 Å². The SMILES string of the molecule is CCOC(=O)Oc1cc2ncccc2[nH]1. The van der Waals surface area contributed by atoms with Gasteiger partial charge in [0.2, 0.25) is 5.88 Å². The van der Waals surface area contributed by atoms with Gasteiger partial charge >= 0.3 is 6.16 Å². The first kappa shape index (κ1) is 9.51. The fraction of sp³-hybridized carbons (Fsp3) is 0.200. The third-order valence-electron chi connectivity index (χ3n) is 1.82. The van der Waals surface area contributed by atoms with Crippen molar-refractivity contribution in [2.45, 2.75) is 6.92 Å². The Morgan fingerprint density at radius 3 is 3.20 bits per heavy atom. The lowest BCUT2D eigenvalue weighted by atomic mass is 10.4. The number of ether oxygens (including phenoxy) is 2. The van der Waals surface area contributed by atoms with Crippen molar-refractivity contribution in [3.05, 3.63) is 24.4 Å². The molecule has 0 bridgehead atoms. The van der Waals surface area contributed by atoms with Gasteiger partial charge in [-0.05, 0) is 19.1 Å². The molecule has 0 unspecified atom stereocenters. The molecule has 0 spiro atoms. The zero-order chi connectivity index (χ0) is 10.7. The number of pyridine rings is 1. The minimum absolute atomic E-state index is 0.289. The second kappa shape index (κ2) is 4.00. The standard InChI is InChI=1S/C10H10N2O3/c1-2-14-10(13)15-9-6-8-7(12-9)4-3-5-11-8/h3-6,12H,2H2,1H3. The molecular formula is C10H10N2O3. The van der Waals surface area contributed by atoms with E-state index in [2.05, 4.69) is 14.7 Å². The van der Waals surface area contributed by atoms with Crippen LogP contribution < -0.4 is 4.74 Å². The maximum absolute atomic E-state index is 11.0. The summed E-state index contributed by atoms with van der Waals surface area (Å²) in [6, 6.07) is 5.29. The van der Waals surface area contributed by atoms with Crippen LogP contribution >= 0.6 is 0 Å². The van der Waals surface area contributed by atoms with E-state index >= 15 is 0 Å². The predicted molar refractivity (Wildman–Crippen MR) is 53.7 cm³/mol. The Labute approximate surface area is 86.0 Å². The monoisotopic (exact) mass is 206 g/mol. The van der Waals surface area contributed by atoms with E-state index in [1.54, 1.807) is 25.3 Å². The molecule has 2 aromatic rings. The smallest absolute Gasteiger partial charge is 0.434 e. The number of aromatic nitrogens is 2. The van der Waals surface area contributed by atoms with Gasteiger partial charge in [0.05, 0.1) is 17.6 Å². The maximum Gasteiger partial charge on any atom is 0.515 e. The number of carbonyl (C=O) groups excluding carboxylic acids is 1. The Hall–Kier alpha value is -2.04. The Bertz CT molecular complexity index is 445. The Kier molecular flexibility index (Phi) is 2.53. The van der Waals surface area contributed by atoms with Gasteiger partial charge in [-0.15, -0.1) is 0 Å². The van der Waals surface area contributed by atoms with Crippen molar-refractivity contribution in [1.82, 2.24) is 9.97 Å². The van der Waals surface area contributed by atoms with Gasteiger partial charge in [-0.1, -0.05) is 0 Å². The van der Waals surface area contributed by atoms with Crippen LogP contribution in [0, 0.1) is 0 Å². The Morgan fingerprint density at radius 2 is 2.47 bits per heavy atom. The van der Waals surface area contributed by atoms with Crippen LogP contribution in [0.25, 0.3) is 11.0 Å². The minimum atomic E-state index is -0.718. The zero-order valence-electron chi connectivity index (χ0n) is 8.19. The number of hydrogen-bond acceptors (Lipinski definition) is 4. The number of hydrogen-bond donors (Lipinski definition) is 1.